The van der Waals surface area contributed by atoms with E-state index in [-0.39, 0.29) is 5.91 Å². The van der Waals surface area contributed by atoms with E-state index in [2.05, 4.69) is 22.3 Å². The van der Waals surface area contributed by atoms with Gasteiger partial charge in [0.05, 0.1) is 28.9 Å². The Hall–Kier alpha value is -2.10. The summed E-state index contributed by atoms with van der Waals surface area (Å²) >= 11 is 1.42. The fourth-order valence-electron chi connectivity index (χ4n) is 1.35. The lowest BCUT2D eigenvalue weighted by molar-refractivity contribution is 0.102. The van der Waals surface area contributed by atoms with Gasteiger partial charge in [0, 0.05) is 18.6 Å². The van der Waals surface area contributed by atoms with Gasteiger partial charge in [-0.2, -0.15) is 5.10 Å². The second-order valence-corrected chi connectivity index (χ2v) is 4.47. The fraction of sp³-hybridized carbons (Fsp3) is 0.167. The highest BCUT2D eigenvalue weighted by atomic mass is 32.1. The van der Waals surface area contributed by atoms with Gasteiger partial charge in [0.25, 0.3) is 5.91 Å². The molecule has 2 aromatic heterocycles. The van der Waals surface area contributed by atoms with Gasteiger partial charge < -0.3 is 11.1 Å². The number of nitrogens with one attached hydrogen (secondary N) is 1. The number of amides is 1. The molecule has 6 heteroatoms. The molecule has 0 saturated heterocycles. The number of nitrogens with two attached hydrogens (primary N) is 1. The van der Waals surface area contributed by atoms with Gasteiger partial charge in [0.1, 0.15) is 0 Å². The Balaban J connectivity index is 2.07. The fourth-order valence-corrected chi connectivity index (χ4v) is 2.10. The zero-order valence-corrected chi connectivity index (χ0v) is 10.6. The van der Waals surface area contributed by atoms with Crippen LogP contribution in [0.15, 0.2) is 23.8 Å². The molecule has 0 aliphatic carbocycles. The number of aromatic nitrogens is 2. The van der Waals surface area contributed by atoms with Gasteiger partial charge in [0.15, 0.2) is 0 Å². The number of hydrogen-bond acceptors (Lipinski definition) is 4. The van der Waals surface area contributed by atoms with Gasteiger partial charge in [-0.1, -0.05) is 11.8 Å². The Morgan fingerprint density at radius 2 is 2.50 bits per heavy atom. The van der Waals surface area contributed by atoms with Crippen LogP contribution in [-0.4, -0.2) is 22.2 Å². The lowest BCUT2D eigenvalue weighted by Gasteiger charge is -1.98. The molecule has 0 atom stereocenters. The summed E-state index contributed by atoms with van der Waals surface area (Å²) in [7, 11) is 1.79. The molecule has 92 valence electrons. The first-order valence-corrected chi connectivity index (χ1v) is 6.14. The molecule has 0 fully saturated rings. The Bertz CT molecular complexity index is 617. The minimum Gasteiger partial charge on any atom is -0.320 e. The number of carbonyl (C=O) groups is 1. The van der Waals surface area contributed by atoms with Crippen LogP contribution >= 0.6 is 11.3 Å². The Kier molecular flexibility index (Phi) is 3.77. The normalized spacial score (nSPS) is 9.67. The summed E-state index contributed by atoms with van der Waals surface area (Å²) < 4.78 is 1.63. The van der Waals surface area contributed by atoms with Crippen LogP contribution in [-0.2, 0) is 7.05 Å². The highest BCUT2D eigenvalue weighted by Gasteiger charge is 2.09. The van der Waals surface area contributed by atoms with E-state index < -0.39 is 0 Å². The average Bonchev–Trinajstić information content (AvgIpc) is 2.96. The van der Waals surface area contributed by atoms with E-state index in [0.717, 1.165) is 4.88 Å². The van der Waals surface area contributed by atoms with Gasteiger partial charge in [-0.3, -0.25) is 9.48 Å². The third kappa shape index (κ3) is 2.97. The van der Waals surface area contributed by atoms with Crippen molar-refractivity contribution < 1.29 is 4.79 Å². The molecule has 5 nitrogen and oxygen atoms in total. The number of rotatable bonds is 2. The lowest BCUT2D eigenvalue weighted by atomic mass is 10.3. The summed E-state index contributed by atoms with van der Waals surface area (Å²) in [5.74, 6) is 5.48. The molecular formula is C12H12N4OS. The van der Waals surface area contributed by atoms with Crippen LogP contribution < -0.4 is 11.1 Å². The predicted molar refractivity (Wildman–Crippen MR) is 71.4 cm³/mol. The summed E-state index contributed by atoms with van der Waals surface area (Å²) in [5, 5.41) is 8.51. The van der Waals surface area contributed by atoms with Crippen molar-refractivity contribution in [3.63, 3.8) is 0 Å². The summed E-state index contributed by atoms with van der Waals surface area (Å²) in [6.45, 7) is 0.315. The van der Waals surface area contributed by atoms with E-state index >= 15 is 0 Å². The molecule has 0 saturated carbocycles. The van der Waals surface area contributed by atoms with Crippen molar-refractivity contribution in [1.29, 1.82) is 0 Å². The van der Waals surface area contributed by atoms with Crippen molar-refractivity contribution in [2.24, 2.45) is 12.8 Å². The van der Waals surface area contributed by atoms with Gasteiger partial charge in [-0.15, -0.1) is 11.3 Å². The number of carbonyl (C=O) groups excluding carboxylic acids is 1. The largest absolute Gasteiger partial charge is 0.320 e. The first kappa shape index (κ1) is 12.4. The molecular weight excluding hydrogens is 248 g/mol. The van der Waals surface area contributed by atoms with Crippen LogP contribution in [0.2, 0.25) is 0 Å². The van der Waals surface area contributed by atoms with Crippen LogP contribution in [0.5, 0.6) is 0 Å². The van der Waals surface area contributed by atoms with Crippen LogP contribution in [0, 0.1) is 11.8 Å². The van der Waals surface area contributed by atoms with Crippen molar-refractivity contribution >= 4 is 22.9 Å². The number of aryl methyl sites for hydroxylation is 1. The third-order valence-electron chi connectivity index (χ3n) is 2.14. The molecule has 0 spiro atoms. The number of nitrogens with zero attached hydrogens (tertiary/aromatic N) is 2. The first-order valence-electron chi connectivity index (χ1n) is 5.26. The second-order valence-electron chi connectivity index (χ2n) is 3.56. The van der Waals surface area contributed by atoms with Crippen LogP contribution in [0.1, 0.15) is 15.2 Å². The zero-order valence-electron chi connectivity index (χ0n) is 9.80. The van der Waals surface area contributed by atoms with E-state index in [1.165, 1.54) is 11.3 Å². The summed E-state index contributed by atoms with van der Waals surface area (Å²) in [6.07, 6.45) is 3.33. The highest BCUT2D eigenvalue weighted by molar-refractivity contribution is 7.10. The smallest absolute Gasteiger partial charge is 0.256 e. The van der Waals surface area contributed by atoms with Crippen molar-refractivity contribution in [3.05, 3.63) is 34.3 Å². The Morgan fingerprint density at radius 3 is 3.17 bits per heavy atom. The van der Waals surface area contributed by atoms with Gasteiger partial charge >= 0.3 is 0 Å². The first-order chi connectivity index (χ1) is 8.69. The topological polar surface area (TPSA) is 72.9 Å². The van der Waals surface area contributed by atoms with E-state index in [1.807, 2.05) is 0 Å². The third-order valence-corrected chi connectivity index (χ3v) is 2.98. The molecule has 2 heterocycles. The summed E-state index contributed by atoms with van der Waals surface area (Å²) in [4.78, 5) is 12.7. The minimum atomic E-state index is -0.167. The van der Waals surface area contributed by atoms with E-state index in [9.17, 15) is 4.79 Å². The number of anilines is 1. The molecule has 3 N–H and O–H groups in total. The van der Waals surface area contributed by atoms with E-state index in [1.54, 1.807) is 35.6 Å². The van der Waals surface area contributed by atoms with Gasteiger partial charge in [-0.05, 0) is 6.07 Å². The lowest BCUT2D eigenvalue weighted by Crippen LogP contribution is -2.10. The monoisotopic (exact) mass is 260 g/mol. The number of thiophene rings is 1. The Morgan fingerprint density at radius 1 is 1.67 bits per heavy atom. The van der Waals surface area contributed by atoms with Crippen LogP contribution in [0.25, 0.3) is 0 Å². The molecule has 0 radical (unpaired) electrons. The predicted octanol–water partition coefficient (Wildman–Crippen LogP) is 1.04. The second kappa shape index (κ2) is 5.49. The molecule has 2 aromatic rings. The van der Waals surface area contributed by atoms with Crippen LogP contribution in [0.4, 0.5) is 5.69 Å². The highest BCUT2D eigenvalue weighted by Crippen LogP contribution is 2.15. The average molecular weight is 260 g/mol. The molecule has 0 bridgehead atoms. The molecule has 1 amide bonds. The standard InChI is InChI=1S/C12H12N4OS/c1-16-7-10(6-14-16)15-12(17)9-5-11(18-8-9)3-2-4-13/h5-8H,4,13H2,1H3,(H,15,17). The van der Waals surface area contributed by atoms with Gasteiger partial charge in [-0.25, -0.2) is 0 Å². The van der Waals surface area contributed by atoms with Gasteiger partial charge in [0.2, 0.25) is 0 Å². The van der Waals surface area contributed by atoms with Crippen LogP contribution in [0.3, 0.4) is 0 Å². The molecule has 2 rings (SSSR count). The Labute approximate surface area is 109 Å². The van der Waals surface area contributed by atoms with Crippen molar-refractivity contribution in [3.8, 4) is 11.8 Å². The zero-order chi connectivity index (χ0) is 13.0. The molecule has 0 aliphatic rings. The molecule has 0 aliphatic heterocycles. The summed E-state index contributed by atoms with van der Waals surface area (Å²) in [6, 6.07) is 1.75. The number of hydrogen-bond donors (Lipinski definition) is 2. The quantitative estimate of drug-likeness (QED) is 0.793. The molecule has 18 heavy (non-hydrogen) atoms. The van der Waals surface area contributed by atoms with Crippen molar-refractivity contribution in [2.75, 3.05) is 11.9 Å². The van der Waals surface area contributed by atoms with Crippen molar-refractivity contribution in [2.45, 2.75) is 0 Å². The SMILES string of the molecule is Cn1cc(NC(=O)c2csc(C#CCN)c2)cn1. The maximum absolute atomic E-state index is 11.9. The summed E-state index contributed by atoms with van der Waals surface area (Å²) in [5.41, 5.74) is 6.55. The molecule has 0 aromatic carbocycles. The molecule has 0 unspecified atom stereocenters. The minimum absolute atomic E-state index is 0.167. The maximum Gasteiger partial charge on any atom is 0.256 e. The van der Waals surface area contributed by atoms with E-state index in [4.69, 9.17) is 5.73 Å². The van der Waals surface area contributed by atoms with Crippen molar-refractivity contribution in [1.82, 2.24) is 9.78 Å². The maximum atomic E-state index is 11.9. The van der Waals surface area contributed by atoms with E-state index in [0.29, 0.717) is 17.8 Å².